The van der Waals surface area contributed by atoms with Crippen molar-refractivity contribution < 1.29 is 5.11 Å². The van der Waals surface area contributed by atoms with Crippen molar-refractivity contribution in [2.75, 3.05) is 6.61 Å². The fourth-order valence-corrected chi connectivity index (χ4v) is 0.822. The number of unbranched alkanes of at least 4 members (excludes halogenated alkanes) is 1. The predicted molar refractivity (Wildman–Crippen MR) is 49.5 cm³/mol. The number of aliphatic hydroxyl groups excluding tert-OH is 1. The van der Waals surface area contributed by atoms with Gasteiger partial charge in [-0.3, -0.25) is 0 Å². The zero-order valence-electron chi connectivity index (χ0n) is 7.71. The summed E-state index contributed by atoms with van der Waals surface area (Å²) in [6, 6.07) is 0. The number of hydrogen-bond donors (Lipinski definition) is 1. The maximum absolute atomic E-state index is 8.49. The average Bonchev–Trinajstić information content (AvgIpc) is 2.04. The smallest absolute Gasteiger partial charge is 0.0433 e. The minimum Gasteiger partial charge on any atom is -0.396 e. The molecule has 0 aliphatic carbocycles. The summed E-state index contributed by atoms with van der Waals surface area (Å²) in [5.41, 5.74) is 0. The van der Waals surface area contributed by atoms with E-state index in [1.807, 2.05) is 0 Å². The molecule has 0 rings (SSSR count). The lowest BCUT2D eigenvalue weighted by Gasteiger charge is -2.01. The lowest BCUT2D eigenvalue weighted by molar-refractivity contribution is 0.289. The topological polar surface area (TPSA) is 20.2 Å². The molecular weight excluding hydrogens is 136 g/mol. The molecule has 0 bridgehead atoms. The van der Waals surface area contributed by atoms with E-state index in [2.05, 4.69) is 26.0 Å². The van der Waals surface area contributed by atoms with Gasteiger partial charge in [0.05, 0.1) is 0 Å². The van der Waals surface area contributed by atoms with Gasteiger partial charge in [0.15, 0.2) is 0 Å². The molecule has 1 heteroatoms. The van der Waals surface area contributed by atoms with E-state index >= 15 is 0 Å². The Labute approximate surface area is 70.1 Å². The van der Waals surface area contributed by atoms with Crippen LogP contribution in [0.1, 0.15) is 39.5 Å². The van der Waals surface area contributed by atoms with Crippen molar-refractivity contribution in [1.82, 2.24) is 0 Å². The molecule has 0 aliphatic heterocycles. The maximum atomic E-state index is 8.49. The third-order valence-electron chi connectivity index (χ3n) is 1.93. The average molecular weight is 156 g/mol. The van der Waals surface area contributed by atoms with Crippen molar-refractivity contribution >= 4 is 0 Å². The van der Waals surface area contributed by atoms with Gasteiger partial charge in [-0.2, -0.15) is 0 Å². The van der Waals surface area contributed by atoms with Crippen LogP contribution in [0, 0.1) is 5.92 Å². The fraction of sp³-hybridized carbons (Fsp3) is 0.800. The highest BCUT2D eigenvalue weighted by atomic mass is 16.2. The SMILES string of the molecule is CCC(C)C/C=C/CCCO. The molecule has 0 aromatic heterocycles. The van der Waals surface area contributed by atoms with Crippen LogP contribution in [0.5, 0.6) is 0 Å². The van der Waals surface area contributed by atoms with E-state index in [1.165, 1.54) is 12.8 Å². The highest BCUT2D eigenvalue weighted by Gasteiger charge is 1.92. The molecule has 0 radical (unpaired) electrons. The van der Waals surface area contributed by atoms with Crippen LogP contribution < -0.4 is 0 Å². The first-order valence-electron chi connectivity index (χ1n) is 4.57. The third kappa shape index (κ3) is 7.60. The zero-order chi connectivity index (χ0) is 8.53. The van der Waals surface area contributed by atoms with Crippen molar-refractivity contribution in [1.29, 1.82) is 0 Å². The Morgan fingerprint density at radius 3 is 2.64 bits per heavy atom. The Balaban J connectivity index is 3.15. The van der Waals surface area contributed by atoms with E-state index in [0.29, 0.717) is 6.61 Å². The van der Waals surface area contributed by atoms with Crippen molar-refractivity contribution in [2.24, 2.45) is 5.92 Å². The summed E-state index contributed by atoms with van der Waals surface area (Å²) in [6.45, 7) is 4.79. The van der Waals surface area contributed by atoms with Crippen LogP contribution in [0.4, 0.5) is 0 Å². The summed E-state index contributed by atoms with van der Waals surface area (Å²) >= 11 is 0. The van der Waals surface area contributed by atoms with E-state index in [-0.39, 0.29) is 0 Å². The molecule has 0 saturated heterocycles. The summed E-state index contributed by atoms with van der Waals surface area (Å²) < 4.78 is 0. The Bertz CT molecular complexity index is 97.0. The monoisotopic (exact) mass is 156 g/mol. The lowest BCUT2D eigenvalue weighted by atomic mass is 10.0. The van der Waals surface area contributed by atoms with Crippen molar-refractivity contribution in [3.8, 4) is 0 Å². The van der Waals surface area contributed by atoms with Crippen LogP contribution in [0.2, 0.25) is 0 Å². The number of allylic oxidation sites excluding steroid dienone is 2. The molecule has 0 aliphatic rings. The highest BCUT2D eigenvalue weighted by Crippen LogP contribution is 2.07. The molecule has 1 nitrogen and oxygen atoms in total. The molecule has 0 fully saturated rings. The van der Waals surface area contributed by atoms with Crippen LogP contribution in [-0.2, 0) is 0 Å². The van der Waals surface area contributed by atoms with Crippen LogP contribution in [0.25, 0.3) is 0 Å². The van der Waals surface area contributed by atoms with Crippen molar-refractivity contribution in [3.63, 3.8) is 0 Å². The minimum absolute atomic E-state index is 0.313. The van der Waals surface area contributed by atoms with Gasteiger partial charge in [-0.15, -0.1) is 0 Å². The Morgan fingerprint density at radius 1 is 1.36 bits per heavy atom. The standard InChI is InChI=1S/C10H20O/c1-3-10(2)8-6-4-5-7-9-11/h4,6,10-11H,3,5,7-9H2,1-2H3/b6-4+. The van der Waals surface area contributed by atoms with Gasteiger partial charge in [0.2, 0.25) is 0 Å². The van der Waals surface area contributed by atoms with Crippen molar-refractivity contribution in [2.45, 2.75) is 39.5 Å². The van der Waals surface area contributed by atoms with Crippen LogP contribution in [0.15, 0.2) is 12.2 Å². The van der Waals surface area contributed by atoms with Crippen LogP contribution in [-0.4, -0.2) is 11.7 Å². The molecule has 0 aromatic rings. The Hall–Kier alpha value is -0.300. The van der Waals surface area contributed by atoms with Gasteiger partial charge in [-0.05, 0) is 25.2 Å². The van der Waals surface area contributed by atoms with Gasteiger partial charge in [0.1, 0.15) is 0 Å². The van der Waals surface area contributed by atoms with E-state index in [0.717, 1.165) is 18.8 Å². The Morgan fingerprint density at radius 2 is 2.09 bits per heavy atom. The van der Waals surface area contributed by atoms with Gasteiger partial charge in [0, 0.05) is 6.61 Å². The fourth-order valence-electron chi connectivity index (χ4n) is 0.822. The first kappa shape index (κ1) is 10.7. The number of aliphatic hydroxyl groups is 1. The van der Waals surface area contributed by atoms with E-state index < -0.39 is 0 Å². The summed E-state index contributed by atoms with van der Waals surface area (Å²) in [5, 5.41) is 8.49. The van der Waals surface area contributed by atoms with E-state index in [4.69, 9.17) is 5.11 Å². The second-order valence-electron chi connectivity index (χ2n) is 3.09. The maximum Gasteiger partial charge on any atom is 0.0433 e. The highest BCUT2D eigenvalue weighted by molar-refractivity contribution is 4.82. The van der Waals surface area contributed by atoms with Gasteiger partial charge in [-0.25, -0.2) is 0 Å². The normalized spacial score (nSPS) is 14.1. The second kappa shape index (κ2) is 7.80. The second-order valence-corrected chi connectivity index (χ2v) is 3.09. The molecule has 1 unspecified atom stereocenters. The largest absolute Gasteiger partial charge is 0.396 e. The first-order chi connectivity index (χ1) is 5.31. The molecule has 0 spiro atoms. The summed E-state index contributed by atoms with van der Waals surface area (Å²) in [4.78, 5) is 0. The number of rotatable bonds is 6. The van der Waals surface area contributed by atoms with Gasteiger partial charge in [-0.1, -0.05) is 32.4 Å². The quantitative estimate of drug-likeness (QED) is 0.463. The van der Waals surface area contributed by atoms with E-state index in [1.54, 1.807) is 0 Å². The first-order valence-corrected chi connectivity index (χ1v) is 4.57. The molecule has 0 saturated carbocycles. The third-order valence-corrected chi connectivity index (χ3v) is 1.93. The summed E-state index contributed by atoms with van der Waals surface area (Å²) in [5.74, 6) is 0.806. The van der Waals surface area contributed by atoms with Crippen molar-refractivity contribution in [3.05, 3.63) is 12.2 Å². The molecule has 1 atom stereocenters. The Kier molecular flexibility index (Phi) is 7.59. The molecule has 0 heterocycles. The van der Waals surface area contributed by atoms with Crippen LogP contribution >= 0.6 is 0 Å². The van der Waals surface area contributed by atoms with Crippen LogP contribution in [0.3, 0.4) is 0 Å². The van der Waals surface area contributed by atoms with E-state index in [9.17, 15) is 0 Å². The summed E-state index contributed by atoms with van der Waals surface area (Å²) in [7, 11) is 0. The molecule has 0 aromatic carbocycles. The van der Waals surface area contributed by atoms with Gasteiger partial charge >= 0.3 is 0 Å². The zero-order valence-corrected chi connectivity index (χ0v) is 7.71. The molecule has 66 valence electrons. The lowest BCUT2D eigenvalue weighted by Crippen LogP contribution is -1.87. The molecule has 11 heavy (non-hydrogen) atoms. The minimum atomic E-state index is 0.313. The number of hydrogen-bond acceptors (Lipinski definition) is 1. The summed E-state index contributed by atoms with van der Waals surface area (Å²) in [6.07, 6.45) is 8.75. The molecule has 0 amide bonds. The van der Waals surface area contributed by atoms with Gasteiger partial charge < -0.3 is 5.11 Å². The molecular formula is C10H20O. The van der Waals surface area contributed by atoms with Gasteiger partial charge in [0.25, 0.3) is 0 Å². The molecule has 1 N–H and O–H groups in total. The predicted octanol–water partition coefficient (Wildman–Crippen LogP) is 2.75.